The van der Waals surface area contributed by atoms with E-state index in [1.807, 2.05) is 17.6 Å². The van der Waals surface area contributed by atoms with E-state index >= 15 is 0 Å². The molecular formula is C12H16N6O. The van der Waals surface area contributed by atoms with Crippen LogP contribution in [0.3, 0.4) is 0 Å². The first-order valence-electron chi connectivity index (χ1n) is 6.26. The fourth-order valence-electron chi connectivity index (χ4n) is 2.19. The highest BCUT2D eigenvalue weighted by atomic mass is 16.2. The Morgan fingerprint density at radius 1 is 1.53 bits per heavy atom. The summed E-state index contributed by atoms with van der Waals surface area (Å²) in [6.07, 6.45) is 2.82. The molecule has 1 amide bonds. The zero-order valence-electron chi connectivity index (χ0n) is 11.0. The summed E-state index contributed by atoms with van der Waals surface area (Å²) in [6.45, 7) is 3.68. The number of carbonyl (C=O) groups excluding carboxylic acids is 1. The van der Waals surface area contributed by atoms with E-state index in [0.717, 1.165) is 31.2 Å². The molecule has 0 radical (unpaired) electrons. The van der Waals surface area contributed by atoms with Gasteiger partial charge in [-0.25, -0.2) is 4.98 Å². The Balaban J connectivity index is 1.80. The van der Waals surface area contributed by atoms with Crippen molar-refractivity contribution >= 4 is 17.7 Å². The maximum Gasteiger partial charge on any atom is 0.277 e. The molecule has 0 aromatic carbocycles. The van der Waals surface area contributed by atoms with Crippen LogP contribution in [0.1, 0.15) is 22.6 Å². The van der Waals surface area contributed by atoms with Gasteiger partial charge in [-0.05, 0) is 13.3 Å². The second-order valence-corrected chi connectivity index (χ2v) is 4.67. The first kappa shape index (κ1) is 11.8. The summed E-state index contributed by atoms with van der Waals surface area (Å²) < 4.78 is 3.61. The largest absolute Gasteiger partial charge is 0.356 e. The second-order valence-electron chi connectivity index (χ2n) is 4.67. The van der Waals surface area contributed by atoms with Crippen LogP contribution in [0.4, 0.5) is 11.8 Å². The molecule has 0 spiro atoms. The molecule has 1 aliphatic heterocycles. The summed E-state index contributed by atoms with van der Waals surface area (Å²) in [7, 11) is 1.79. The van der Waals surface area contributed by atoms with E-state index in [0.29, 0.717) is 11.5 Å². The van der Waals surface area contributed by atoms with Crippen LogP contribution >= 0.6 is 0 Å². The summed E-state index contributed by atoms with van der Waals surface area (Å²) >= 11 is 0. The molecule has 0 saturated heterocycles. The number of amides is 1. The lowest BCUT2D eigenvalue weighted by atomic mass is 10.4. The minimum absolute atomic E-state index is 0.216. The van der Waals surface area contributed by atoms with Crippen LogP contribution < -0.4 is 10.6 Å². The number of nitrogens with zero attached hydrogens (tertiary/aromatic N) is 4. The topological polar surface area (TPSA) is 76.8 Å². The minimum atomic E-state index is -0.216. The van der Waals surface area contributed by atoms with Crippen LogP contribution in [0.25, 0.3) is 0 Å². The molecule has 100 valence electrons. The van der Waals surface area contributed by atoms with Crippen LogP contribution in [0.15, 0.2) is 12.3 Å². The number of imidazole rings is 1. The van der Waals surface area contributed by atoms with Gasteiger partial charge >= 0.3 is 0 Å². The third kappa shape index (κ3) is 2.18. The minimum Gasteiger partial charge on any atom is -0.356 e. The van der Waals surface area contributed by atoms with E-state index in [1.54, 1.807) is 17.9 Å². The Morgan fingerprint density at radius 2 is 2.37 bits per heavy atom. The number of rotatable bonds is 2. The van der Waals surface area contributed by atoms with Crippen molar-refractivity contribution in [1.29, 1.82) is 0 Å². The van der Waals surface area contributed by atoms with Crippen molar-refractivity contribution in [3.63, 3.8) is 0 Å². The smallest absolute Gasteiger partial charge is 0.277 e. The van der Waals surface area contributed by atoms with Crippen LogP contribution in [-0.4, -0.2) is 31.8 Å². The van der Waals surface area contributed by atoms with E-state index < -0.39 is 0 Å². The Bertz CT molecular complexity index is 603. The average molecular weight is 260 g/mol. The maximum atomic E-state index is 12.1. The predicted octanol–water partition coefficient (Wildman–Crippen LogP) is 0.993. The molecule has 7 heteroatoms. The fraction of sp³-hybridized carbons (Fsp3) is 0.417. The summed E-state index contributed by atoms with van der Waals surface area (Å²) in [5.74, 6) is 1.21. The van der Waals surface area contributed by atoms with Gasteiger partial charge in [0.15, 0.2) is 0 Å². The van der Waals surface area contributed by atoms with Gasteiger partial charge in [0.2, 0.25) is 5.95 Å². The number of anilines is 2. The van der Waals surface area contributed by atoms with E-state index in [2.05, 4.69) is 20.7 Å². The van der Waals surface area contributed by atoms with E-state index in [-0.39, 0.29) is 5.91 Å². The second kappa shape index (κ2) is 4.42. The maximum absolute atomic E-state index is 12.1. The Hall–Kier alpha value is -2.31. The van der Waals surface area contributed by atoms with Gasteiger partial charge < -0.3 is 15.2 Å². The van der Waals surface area contributed by atoms with Crippen molar-refractivity contribution in [3.05, 3.63) is 23.7 Å². The number of aromatic nitrogens is 4. The number of fused-ring (bicyclic) bond motifs is 1. The van der Waals surface area contributed by atoms with Gasteiger partial charge in [0.25, 0.3) is 5.91 Å². The molecule has 1 aliphatic rings. The number of hydrogen-bond acceptors (Lipinski definition) is 4. The van der Waals surface area contributed by atoms with Crippen LogP contribution in [0.2, 0.25) is 0 Å². The Kier molecular flexibility index (Phi) is 2.73. The van der Waals surface area contributed by atoms with Gasteiger partial charge in [-0.2, -0.15) is 5.10 Å². The SMILES string of the molecule is Cc1cc(NC(=O)c2cn3c(n2)NCCC3)n(C)n1. The monoisotopic (exact) mass is 260 g/mol. The Morgan fingerprint density at radius 3 is 3.05 bits per heavy atom. The average Bonchev–Trinajstić information content (AvgIpc) is 2.93. The van der Waals surface area contributed by atoms with E-state index in [9.17, 15) is 4.79 Å². The fourth-order valence-corrected chi connectivity index (χ4v) is 2.19. The molecule has 2 N–H and O–H groups in total. The molecule has 0 saturated carbocycles. The molecular weight excluding hydrogens is 244 g/mol. The van der Waals surface area contributed by atoms with Gasteiger partial charge in [-0.3, -0.25) is 9.48 Å². The summed E-state index contributed by atoms with van der Waals surface area (Å²) in [5, 5.41) is 10.2. The highest BCUT2D eigenvalue weighted by molar-refractivity contribution is 6.02. The molecule has 2 aromatic rings. The van der Waals surface area contributed by atoms with Gasteiger partial charge in [-0.1, -0.05) is 0 Å². The molecule has 3 rings (SSSR count). The highest BCUT2D eigenvalue weighted by Crippen LogP contribution is 2.15. The van der Waals surface area contributed by atoms with Gasteiger partial charge in [0.1, 0.15) is 11.5 Å². The van der Waals surface area contributed by atoms with Crippen molar-refractivity contribution in [1.82, 2.24) is 19.3 Å². The molecule has 0 fully saturated rings. The van der Waals surface area contributed by atoms with Crippen molar-refractivity contribution in [3.8, 4) is 0 Å². The third-order valence-electron chi connectivity index (χ3n) is 3.11. The van der Waals surface area contributed by atoms with Gasteiger partial charge in [-0.15, -0.1) is 0 Å². The van der Waals surface area contributed by atoms with E-state index in [4.69, 9.17) is 0 Å². The summed E-state index contributed by atoms with van der Waals surface area (Å²) in [6, 6.07) is 1.83. The molecule has 0 bridgehead atoms. The normalized spacial score (nSPS) is 13.8. The number of aryl methyl sites for hydroxylation is 3. The zero-order valence-corrected chi connectivity index (χ0v) is 11.0. The number of hydrogen-bond donors (Lipinski definition) is 2. The Labute approximate surface area is 110 Å². The lowest BCUT2D eigenvalue weighted by molar-refractivity contribution is 0.102. The van der Waals surface area contributed by atoms with Crippen molar-refractivity contribution in [2.45, 2.75) is 19.9 Å². The van der Waals surface area contributed by atoms with Crippen molar-refractivity contribution in [2.75, 3.05) is 17.2 Å². The molecule has 0 unspecified atom stereocenters. The van der Waals surface area contributed by atoms with Gasteiger partial charge in [0.05, 0.1) is 5.69 Å². The number of nitrogens with one attached hydrogen (secondary N) is 2. The van der Waals surface area contributed by atoms with Crippen LogP contribution in [-0.2, 0) is 13.6 Å². The summed E-state index contributed by atoms with van der Waals surface area (Å²) in [5.41, 5.74) is 1.28. The molecule has 3 heterocycles. The quantitative estimate of drug-likeness (QED) is 0.844. The highest BCUT2D eigenvalue weighted by Gasteiger charge is 2.17. The van der Waals surface area contributed by atoms with Crippen LogP contribution in [0, 0.1) is 6.92 Å². The first-order chi connectivity index (χ1) is 9.13. The zero-order chi connectivity index (χ0) is 13.4. The molecule has 2 aromatic heterocycles. The molecule has 0 aliphatic carbocycles. The van der Waals surface area contributed by atoms with E-state index in [1.165, 1.54) is 0 Å². The first-order valence-corrected chi connectivity index (χ1v) is 6.26. The molecule has 19 heavy (non-hydrogen) atoms. The lowest BCUT2D eigenvalue weighted by Crippen LogP contribution is -2.16. The van der Waals surface area contributed by atoms with Crippen molar-refractivity contribution in [2.24, 2.45) is 7.05 Å². The third-order valence-corrected chi connectivity index (χ3v) is 3.11. The molecule has 0 atom stereocenters. The summed E-state index contributed by atoms with van der Waals surface area (Å²) in [4.78, 5) is 16.4. The van der Waals surface area contributed by atoms with Crippen molar-refractivity contribution < 1.29 is 4.79 Å². The lowest BCUT2D eigenvalue weighted by Gasteiger charge is -2.14. The standard InChI is InChI=1S/C12H16N6O/c1-8-6-10(17(2)16-8)15-11(19)9-7-18-5-3-4-13-12(18)14-9/h6-7H,3-5H2,1-2H3,(H,13,14)(H,15,19). The number of carbonyl (C=O) groups is 1. The van der Waals surface area contributed by atoms with Gasteiger partial charge in [0, 0.05) is 32.4 Å². The molecule has 7 nitrogen and oxygen atoms in total. The predicted molar refractivity (Wildman–Crippen MR) is 71.2 cm³/mol. The van der Waals surface area contributed by atoms with Crippen LogP contribution in [0.5, 0.6) is 0 Å².